The highest BCUT2D eigenvalue weighted by atomic mass is 19.3. The van der Waals surface area contributed by atoms with Crippen molar-refractivity contribution in [3.05, 3.63) is 23.8 Å². The van der Waals surface area contributed by atoms with E-state index in [-0.39, 0.29) is 23.4 Å². The van der Waals surface area contributed by atoms with Crippen molar-refractivity contribution in [3.8, 4) is 11.5 Å². The number of hydrogen-bond donors (Lipinski definition) is 0. The fraction of sp³-hybridized carbons (Fsp3) is 0.562. The summed E-state index contributed by atoms with van der Waals surface area (Å²) in [5, 5.41) is 0. The Morgan fingerprint density at radius 1 is 1.36 bits per heavy atom. The minimum atomic E-state index is -2.93. The highest BCUT2D eigenvalue weighted by molar-refractivity contribution is 5.95. The zero-order valence-electron chi connectivity index (χ0n) is 12.9. The second-order valence-corrected chi connectivity index (χ2v) is 5.30. The molecule has 1 unspecified atom stereocenters. The minimum absolute atomic E-state index is 0.0697. The standard InChI is InChI=1S/C16H21F2NO3/c1-3-12-6-4-5-9-19(12)15(20)11-7-8-13(22-16(17)18)14(10-11)21-2/h7-8,10,12,16H,3-6,9H2,1-2H3. The molecule has 2 rings (SSSR count). The Morgan fingerprint density at radius 2 is 2.14 bits per heavy atom. The Kier molecular flexibility index (Phi) is 5.57. The number of carbonyl (C=O) groups excluding carboxylic acids is 1. The molecule has 22 heavy (non-hydrogen) atoms. The van der Waals surface area contributed by atoms with Gasteiger partial charge in [-0.1, -0.05) is 6.92 Å². The van der Waals surface area contributed by atoms with Crippen LogP contribution in [-0.4, -0.2) is 37.1 Å². The number of methoxy groups -OCH3 is 1. The van der Waals surface area contributed by atoms with Crippen LogP contribution >= 0.6 is 0 Å². The summed E-state index contributed by atoms with van der Waals surface area (Å²) < 4.78 is 34.1. The third-order valence-electron chi connectivity index (χ3n) is 3.99. The van der Waals surface area contributed by atoms with Crippen molar-refractivity contribution in [3.63, 3.8) is 0 Å². The van der Waals surface area contributed by atoms with Gasteiger partial charge >= 0.3 is 6.61 Å². The maximum Gasteiger partial charge on any atom is 0.387 e. The first-order valence-corrected chi connectivity index (χ1v) is 7.50. The highest BCUT2D eigenvalue weighted by Crippen LogP contribution is 2.31. The first-order chi connectivity index (χ1) is 10.6. The second kappa shape index (κ2) is 7.42. The molecule has 0 bridgehead atoms. The molecule has 1 heterocycles. The molecule has 0 radical (unpaired) electrons. The molecule has 1 amide bonds. The number of hydrogen-bond acceptors (Lipinski definition) is 3. The van der Waals surface area contributed by atoms with Gasteiger partial charge in [0.05, 0.1) is 7.11 Å². The first-order valence-electron chi connectivity index (χ1n) is 7.50. The van der Waals surface area contributed by atoms with E-state index in [0.717, 1.165) is 32.2 Å². The molecule has 0 aromatic heterocycles. The molecule has 1 atom stereocenters. The van der Waals surface area contributed by atoms with Crippen molar-refractivity contribution in [1.29, 1.82) is 0 Å². The Balaban J connectivity index is 2.22. The van der Waals surface area contributed by atoms with Gasteiger partial charge in [0, 0.05) is 18.2 Å². The van der Waals surface area contributed by atoms with Crippen LogP contribution < -0.4 is 9.47 Å². The number of piperidine rings is 1. The van der Waals surface area contributed by atoms with Crippen LogP contribution in [0.4, 0.5) is 8.78 Å². The maximum absolute atomic E-state index is 12.7. The fourth-order valence-electron chi connectivity index (χ4n) is 2.85. The maximum atomic E-state index is 12.7. The minimum Gasteiger partial charge on any atom is -0.493 e. The summed E-state index contributed by atoms with van der Waals surface area (Å²) in [7, 11) is 1.36. The van der Waals surface area contributed by atoms with Crippen LogP contribution in [0.3, 0.4) is 0 Å². The molecule has 0 aliphatic carbocycles. The number of carbonyl (C=O) groups is 1. The van der Waals surface area contributed by atoms with Crippen molar-refractivity contribution in [2.75, 3.05) is 13.7 Å². The lowest BCUT2D eigenvalue weighted by Gasteiger charge is -2.35. The normalized spacial score (nSPS) is 18.4. The summed E-state index contributed by atoms with van der Waals surface area (Å²) in [5.74, 6) is -0.0237. The van der Waals surface area contributed by atoms with Gasteiger partial charge in [0.15, 0.2) is 11.5 Å². The molecule has 1 aromatic rings. The first kappa shape index (κ1) is 16.5. The Hall–Kier alpha value is -1.85. The van der Waals surface area contributed by atoms with Crippen LogP contribution in [0.25, 0.3) is 0 Å². The van der Waals surface area contributed by atoms with E-state index in [9.17, 15) is 13.6 Å². The van der Waals surface area contributed by atoms with E-state index in [2.05, 4.69) is 11.7 Å². The molecule has 122 valence electrons. The van der Waals surface area contributed by atoms with Crippen molar-refractivity contribution >= 4 is 5.91 Å². The van der Waals surface area contributed by atoms with Crippen LogP contribution in [0.5, 0.6) is 11.5 Å². The van der Waals surface area contributed by atoms with Crippen molar-refractivity contribution in [2.24, 2.45) is 0 Å². The summed E-state index contributed by atoms with van der Waals surface area (Å²) >= 11 is 0. The number of amides is 1. The second-order valence-electron chi connectivity index (χ2n) is 5.30. The van der Waals surface area contributed by atoms with Gasteiger partial charge in [-0.25, -0.2) is 0 Å². The lowest BCUT2D eigenvalue weighted by Crippen LogP contribution is -2.43. The average molecular weight is 313 g/mol. The van der Waals surface area contributed by atoms with Crippen LogP contribution in [0.2, 0.25) is 0 Å². The SMILES string of the molecule is CCC1CCCCN1C(=O)c1ccc(OC(F)F)c(OC)c1. The van der Waals surface area contributed by atoms with Gasteiger partial charge in [-0.3, -0.25) is 4.79 Å². The van der Waals surface area contributed by atoms with E-state index < -0.39 is 6.61 Å². The summed E-state index contributed by atoms with van der Waals surface area (Å²) in [5.41, 5.74) is 0.429. The molecule has 0 N–H and O–H groups in total. The predicted octanol–water partition coefficient (Wildman–Crippen LogP) is 3.70. The molecule has 1 fully saturated rings. The predicted molar refractivity (Wildman–Crippen MR) is 78.6 cm³/mol. The zero-order valence-corrected chi connectivity index (χ0v) is 12.9. The lowest BCUT2D eigenvalue weighted by molar-refractivity contribution is -0.0512. The van der Waals surface area contributed by atoms with Gasteiger partial charge in [0.2, 0.25) is 0 Å². The molecule has 0 saturated carbocycles. The van der Waals surface area contributed by atoms with Crippen LogP contribution in [0, 0.1) is 0 Å². The molecule has 6 heteroatoms. The Bertz CT molecular complexity index is 522. The zero-order chi connectivity index (χ0) is 16.1. The van der Waals surface area contributed by atoms with E-state index in [4.69, 9.17) is 4.74 Å². The Labute approximate surface area is 129 Å². The van der Waals surface area contributed by atoms with Gasteiger partial charge in [-0.15, -0.1) is 0 Å². The molecule has 1 aromatic carbocycles. The third kappa shape index (κ3) is 3.67. The molecule has 0 spiro atoms. The number of alkyl halides is 2. The van der Waals surface area contributed by atoms with Crippen LogP contribution in [0.1, 0.15) is 43.0 Å². The number of halogens is 2. The number of nitrogens with zero attached hydrogens (tertiary/aromatic N) is 1. The smallest absolute Gasteiger partial charge is 0.387 e. The fourth-order valence-corrected chi connectivity index (χ4v) is 2.85. The van der Waals surface area contributed by atoms with Gasteiger partial charge in [-0.2, -0.15) is 8.78 Å². The van der Waals surface area contributed by atoms with Gasteiger partial charge in [0.1, 0.15) is 0 Å². The summed E-state index contributed by atoms with van der Waals surface area (Å²) in [6.45, 7) is -0.132. The van der Waals surface area contributed by atoms with Crippen molar-refractivity contribution in [2.45, 2.75) is 45.3 Å². The highest BCUT2D eigenvalue weighted by Gasteiger charge is 2.26. The summed E-state index contributed by atoms with van der Waals surface area (Å²) in [6.07, 6.45) is 4.04. The van der Waals surface area contributed by atoms with Gasteiger partial charge in [0.25, 0.3) is 5.91 Å². The average Bonchev–Trinajstić information content (AvgIpc) is 2.54. The van der Waals surface area contributed by atoms with Crippen molar-refractivity contribution < 1.29 is 23.0 Å². The largest absolute Gasteiger partial charge is 0.493 e. The molecule has 4 nitrogen and oxygen atoms in total. The van der Waals surface area contributed by atoms with Crippen LogP contribution in [-0.2, 0) is 0 Å². The summed E-state index contributed by atoms with van der Waals surface area (Å²) in [4.78, 5) is 14.5. The molecule has 1 aliphatic heterocycles. The van der Waals surface area contributed by atoms with E-state index in [1.54, 1.807) is 0 Å². The number of ether oxygens (including phenoxy) is 2. The van der Waals surface area contributed by atoms with E-state index in [0.29, 0.717) is 5.56 Å². The van der Waals surface area contributed by atoms with Crippen LogP contribution in [0.15, 0.2) is 18.2 Å². The number of likely N-dealkylation sites (tertiary alicyclic amines) is 1. The topological polar surface area (TPSA) is 38.8 Å². The number of benzene rings is 1. The monoisotopic (exact) mass is 313 g/mol. The van der Waals surface area contributed by atoms with Gasteiger partial charge < -0.3 is 14.4 Å². The van der Waals surface area contributed by atoms with Crippen molar-refractivity contribution in [1.82, 2.24) is 4.90 Å². The molecular formula is C16H21F2NO3. The summed E-state index contributed by atoms with van der Waals surface area (Å²) in [6, 6.07) is 4.55. The van der Waals surface area contributed by atoms with E-state index in [1.807, 2.05) is 4.90 Å². The third-order valence-corrected chi connectivity index (χ3v) is 3.99. The molecule has 1 saturated heterocycles. The number of rotatable bonds is 5. The van der Waals surface area contributed by atoms with E-state index >= 15 is 0 Å². The van der Waals surface area contributed by atoms with E-state index in [1.165, 1.54) is 25.3 Å². The quantitative estimate of drug-likeness (QED) is 0.832. The molecular weight excluding hydrogens is 292 g/mol. The van der Waals surface area contributed by atoms with Gasteiger partial charge in [-0.05, 0) is 43.9 Å². The Morgan fingerprint density at radius 3 is 2.77 bits per heavy atom. The lowest BCUT2D eigenvalue weighted by atomic mass is 9.99. The molecule has 1 aliphatic rings.